The number of hydrogen-bond acceptors (Lipinski definition) is 4. The van der Waals surface area contributed by atoms with Crippen LogP contribution in [0.15, 0.2) is 67.0 Å². The van der Waals surface area contributed by atoms with Crippen LogP contribution in [-0.4, -0.2) is 49.9 Å². The lowest BCUT2D eigenvalue weighted by Crippen LogP contribution is -2.36. The lowest BCUT2D eigenvalue weighted by molar-refractivity contribution is 0.0697. The molecule has 0 unspecified atom stereocenters. The highest BCUT2D eigenvalue weighted by Crippen LogP contribution is 2.40. The molecule has 7 nitrogen and oxygen atoms in total. The molecule has 0 aliphatic carbocycles. The molecule has 5 rings (SSSR count). The summed E-state index contributed by atoms with van der Waals surface area (Å²) >= 11 is 5.77. The molecule has 164 valence electrons. The van der Waals surface area contributed by atoms with E-state index in [-0.39, 0.29) is 23.8 Å². The van der Waals surface area contributed by atoms with Crippen molar-refractivity contribution in [2.24, 2.45) is 0 Å². The van der Waals surface area contributed by atoms with Gasteiger partial charge in [-0.25, -0.2) is 4.79 Å². The van der Waals surface area contributed by atoms with E-state index in [1.54, 1.807) is 18.3 Å². The molecule has 0 bridgehead atoms. The Bertz CT molecular complexity index is 1110. The number of rotatable bonds is 6. The van der Waals surface area contributed by atoms with Gasteiger partial charge < -0.3 is 24.6 Å². The molecule has 0 spiro atoms. The Balaban J connectivity index is 1.55. The molecule has 2 fully saturated rings. The number of nitrogens with one attached hydrogen (secondary N) is 1. The highest BCUT2D eigenvalue weighted by atomic mass is 32.1. The van der Waals surface area contributed by atoms with Crippen molar-refractivity contribution in [1.29, 1.82) is 0 Å². The van der Waals surface area contributed by atoms with E-state index < -0.39 is 5.97 Å². The largest absolute Gasteiger partial charge is 0.478 e. The summed E-state index contributed by atoms with van der Waals surface area (Å²) in [5, 5.41) is 13.4. The van der Waals surface area contributed by atoms with E-state index in [4.69, 9.17) is 17.0 Å². The third kappa shape index (κ3) is 3.87. The molecule has 3 aromatic rings. The van der Waals surface area contributed by atoms with E-state index in [1.807, 2.05) is 42.6 Å². The first-order chi connectivity index (χ1) is 15.6. The Hall–Kier alpha value is -3.23. The van der Waals surface area contributed by atoms with Crippen LogP contribution in [0.4, 0.5) is 0 Å². The summed E-state index contributed by atoms with van der Waals surface area (Å²) in [5.74, 6) is -0.937. The van der Waals surface area contributed by atoms with Crippen molar-refractivity contribution in [3.8, 4) is 5.69 Å². The van der Waals surface area contributed by atoms with Crippen molar-refractivity contribution >= 4 is 23.3 Å². The highest BCUT2D eigenvalue weighted by Gasteiger charge is 2.42. The number of benzene rings is 1. The standard InChI is InChI=1S/C24H24N4O3S/c29-23(30)16-8-10-17(11-9-16)27-13-3-7-20(27)22-21(19-6-1-2-12-25-19)26-24(32)28(22)15-18-5-4-14-31-18/h1-3,6-13,18,21-22H,4-5,14-15H2,(H,26,32)(H,29,30)/t18-,21-,22+/m0/s1. The van der Waals surface area contributed by atoms with Gasteiger partial charge in [0.25, 0.3) is 0 Å². The Morgan fingerprint density at radius 2 is 2.03 bits per heavy atom. The van der Waals surface area contributed by atoms with Gasteiger partial charge in [-0.1, -0.05) is 6.07 Å². The fraction of sp³-hybridized carbons (Fsp3) is 0.292. The predicted molar refractivity (Wildman–Crippen MR) is 124 cm³/mol. The number of carboxylic acid groups (broad SMARTS) is 1. The Morgan fingerprint density at radius 3 is 2.72 bits per heavy atom. The van der Waals surface area contributed by atoms with Gasteiger partial charge in [0, 0.05) is 36.9 Å². The van der Waals surface area contributed by atoms with E-state index in [9.17, 15) is 9.90 Å². The lowest BCUT2D eigenvalue weighted by atomic mass is 10.0. The monoisotopic (exact) mass is 448 g/mol. The molecule has 0 amide bonds. The molecule has 32 heavy (non-hydrogen) atoms. The first-order valence-electron chi connectivity index (χ1n) is 10.7. The number of hydrogen-bond donors (Lipinski definition) is 2. The van der Waals surface area contributed by atoms with Crippen molar-refractivity contribution in [2.75, 3.05) is 13.2 Å². The van der Waals surface area contributed by atoms with Crippen molar-refractivity contribution in [3.05, 3.63) is 83.9 Å². The van der Waals surface area contributed by atoms with Gasteiger partial charge >= 0.3 is 5.97 Å². The van der Waals surface area contributed by atoms with Gasteiger partial charge in [0.2, 0.25) is 0 Å². The smallest absolute Gasteiger partial charge is 0.335 e. The average Bonchev–Trinajstić information content (AvgIpc) is 3.56. The summed E-state index contributed by atoms with van der Waals surface area (Å²) in [5.41, 5.74) is 3.12. The van der Waals surface area contributed by atoms with Gasteiger partial charge in [-0.2, -0.15) is 0 Å². The number of pyridine rings is 1. The van der Waals surface area contributed by atoms with Gasteiger partial charge in [0.1, 0.15) is 0 Å². The number of aromatic carboxylic acids is 1. The average molecular weight is 449 g/mol. The maximum atomic E-state index is 11.3. The zero-order chi connectivity index (χ0) is 22.1. The Labute approximate surface area is 191 Å². The third-order valence-corrected chi connectivity index (χ3v) is 6.45. The quantitative estimate of drug-likeness (QED) is 0.557. The maximum Gasteiger partial charge on any atom is 0.335 e. The summed E-state index contributed by atoms with van der Waals surface area (Å²) in [4.78, 5) is 18.1. The molecule has 2 aliphatic rings. The van der Waals surface area contributed by atoms with Gasteiger partial charge in [0.05, 0.1) is 29.4 Å². The minimum atomic E-state index is -0.937. The van der Waals surface area contributed by atoms with Crippen LogP contribution >= 0.6 is 12.2 Å². The second kappa shape index (κ2) is 8.72. The van der Waals surface area contributed by atoms with E-state index in [2.05, 4.69) is 25.8 Å². The molecule has 8 heteroatoms. The first-order valence-corrected chi connectivity index (χ1v) is 11.1. The van der Waals surface area contributed by atoms with Gasteiger partial charge in [0.15, 0.2) is 5.11 Å². The molecular weight excluding hydrogens is 424 g/mol. The molecule has 2 N–H and O–H groups in total. The Morgan fingerprint density at radius 1 is 1.19 bits per heavy atom. The number of thiocarbonyl (C=S) groups is 1. The van der Waals surface area contributed by atoms with E-state index in [0.717, 1.165) is 36.5 Å². The van der Waals surface area contributed by atoms with Crippen LogP contribution in [0.1, 0.15) is 46.7 Å². The number of nitrogens with zero attached hydrogens (tertiary/aromatic N) is 3. The molecule has 1 aromatic carbocycles. The van der Waals surface area contributed by atoms with Crippen molar-refractivity contribution in [2.45, 2.75) is 31.0 Å². The summed E-state index contributed by atoms with van der Waals surface area (Å²) < 4.78 is 8.00. The minimum absolute atomic E-state index is 0.0873. The fourth-order valence-electron chi connectivity index (χ4n) is 4.57. The number of ether oxygens (including phenoxy) is 1. The van der Waals surface area contributed by atoms with Crippen LogP contribution in [0.25, 0.3) is 5.69 Å². The van der Waals surface area contributed by atoms with Gasteiger partial charge in [-0.3, -0.25) is 4.98 Å². The first kappa shape index (κ1) is 20.7. The van der Waals surface area contributed by atoms with Crippen LogP contribution < -0.4 is 5.32 Å². The van der Waals surface area contributed by atoms with E-state index in [1.165, 1.54) is 0 Å². The normalized spacial score (nSPS) is 22.8. The van der Waals surface area contributed by atoms with Crippen molar-refractivity contribution in [3.63, 3.8) is 0 Å². The fourth-order valence-corrected chi connectivity index (χ4v) is 4.88. The summed E-state index contributed by atoms with van der Waals surface area (Å²) in [6, 6.07) is 16.7. The van der Waals surface area contributed by atoms with Crippen LogP contribution in [-0.2, 0) is 4.74 Å². The van der Waals surface area contributed by atoms with Crippen LogP contribution in [0.2, 0.25) is 0 Å². The van der Waals surface area contributed by atoms with Crippen LogP contribution in [0.3, 0.4) is 0 Å². The molecule has 2 aliphatic heterocycles. The second-order valence-electron chi connectivity index (χ2n) is 8.07. The van der Waals surface area contributed by atoms with Crippen molar-refractivity contribution in [1.82, 2.24) is 19.8 Å². The third-order valence-electron chi connectivity index (χ3n) is 6.10. The molecule has 3 atom stereocenters. The highest BCUT2D eigenvalue weighted by molar-refractivity contribution is 7.80. The SMILES string of the molecule is O=C(O)c1ccc(-n2cccc2[C@@H]2[C@H](c3ccccn3)NC(=S)N2C[C@@H]2CCCO2)cc1. The summed E-state index contributed by atoms with van der Waals surface area (Å²) in [6.45, 7) is 1.50. The zero-order valence-electron chi connectivity index (χ0n) is 17.4. The topological polar surface area (TPSA) is 79.6 Å². The lowest BCUT2D eigenvalue weighted by Gasteiger charge is -2.30. The van der Waals surface area contributed by atoms with Crippen LogP contribution in [0.5, 0.6) is 0 Å². The predicted octanol–water partition coefficient (Wildman–Crippen LogP) is 3.72. The zero-order valence-corrected chi connectivity index (χ0v) is 18.2. The Kier molecular flexibility index (Phi) is 5.63. The molecule has 4 heterocycles. The van der Waals surface area contributed by atoms with Crippen molar-refractivity contribution < 1.29 is 14.6 Å². The van der Waals surface area contributed by atoms with Crippen LogP contribution in [0, 0.1) is 0 Å². The molecule has 0 radical (unpaired) electrons. The van der Waals surface area contributed by atoms with Gasteiger partial charge in [-0.05, 0) is 73.6 Å². The molecular formula is C24H24N4O3S. The maximum absolute atomic E-state index is 11.3. The molecule has 2 aromatic heterocycles. The summed E-state index contributed by atoms with van der Waals surface area (Å²) in [7, 11) is 0. The number of aromatic nitrogens is 2. The number of carbonyl (C=O) groups is 1. The second-order valence-corrected chi connectivity index (χ2v) is 8.46. The minimum Gasteiger partial charge on any atom is -0.478 e. The number of carboxylic acids is 1. The van der Waals surface area contributed by atoms with E-state index in [0.29, 0.717) is 11.7 Å². The van der Waals surface area contributed by atoms with E-state index >= 15 is 0 Å². The molecule has 2 saturated heterocycles. The summed E-state index contributed by atoms with van der Waals surface area (Å²) in [6.07, 6.45) is 6.03. The van der Waals surface area contributed by atoms with Gasteiger partial charge in [-0.15, -0.1) is 0 Å². The molecule has 0 saturated carbocycles.